The number of nitrogens with one attached hydrogen (secondary N) is 3. The highest BCUT2D eigenvalue weighted by molar-refractivity contribution is 7.82. The van der Waals surface area contributed by atoms with Gasteiger partial charge in [-0.15, -0.1) is 12.6 Å². The maximum absolute atomic E-state index is 12.7. The minimum atomic E-state index is -2.24. The Labute approximate surface area is 176 Å². The van der Waals surface area contributed by atoms with Crippen LogP contribution in [0.25, 0.3) is 0 Å². The first-order chi connectivity index (χ1) is 13.5. The van der Waals surface area contributed by atoms with Crippen LogP contribution < -0.4 is 16.0 Å². The van der Waals surface area contributed by atoms with E-state index < -0.39 is 34.5 Å². The number of hydrogen-bond donors (Lipinski definition) is 5. The number of carbonyl (C=O) groups excluding carboxylic acids is 3. The molecule has 8 nitrogen and oxygen atoms in total. The number of thiol groups is 1. The van der Waals surface area contributed by atoms with Crippen LogP contribution in [0.3, 0.4) is 0 Å². The number of benzene rings is 1. The van der Waals surface area contributed by atoms with Gasteiger partial charge in [-0.05, 0) is 39.2 Å². The summed E-state index contributed by atoms with van der Waals surface area (Å²) in [4.78, 5) is 34.7. The first-order valence-corrected chi connectivity index (χ1v) is 9.98. The molecule has 2 rings (SSSR count). The number of aliphatic hydroxyl groups is 1. The lowest BCUT2D eigenvalue weighted by atomic mass is 9.94. The molecule has 0 bridgehead atoms. The monoisotopic (exact) mass is 423 g/mol. The molecule has 0 radical (unpaired) electrons. The van der Waals surface area contributed by atoms with Gasteiger partial charge in [0.15, 0.2) is 0 Å². The Hall–Kier alpha value is -2.26. The zero-order valence-electron chi connectivity index (χ0n) is 16.9. The molecule has 160 valence electrons. The Kier molecular flexibility index (Phi) is 7.54. The SMILES string of the molecule is CC(C)(C)OC(=O)N[C@@H](C[C@@H]1CCNC1=O)[C@](O)(S)C(=O)NCc1ccccc1. The molecular weight excluding hydrogens is 394 g/mol. The number of carbonyl (C=O) groups is 3. The van der Waals surface area contributed by atoms with Crippen LogP contribution in [0.4, 0.5) is 4.79 Å². The van der Waals surface area contributed by atoms with Gasteiger partial charge >= 0.3 is 6.09 Å². The summed E-state index contributed by atoms with van der Waals surface area (Å²) in [5.74, 6) is -1.41. The van der Waals surface area contributed by atoms with Crippen molar-refractivity contribution in [1.82, 2.24) is 16.0 Å². The number of alkyl carbamates (subject to hydrolysis) is 1. The second-order valence-corrected chi connectivity index (χ2v) is 8.79. The van der Waals surface area contributed by atoms with Crippen LogP contribution in [0.2, 0.25) is 0 Å². The lowest BCUT2D eigenvalue weighted by Crippen LogP contribution is -2.58. The molecule has 0 spiro atoms. The van der Waals surface area contributed by atoms with E-state index in [-0.39, 0.29) is 18.9 Å². The third-order valence-electron chi connectivity index (χ3n) is 4.49. The highest BCUT2D eigenvalue weighted by Crippen LogP contribution is 2.26. The first-order valence-electron chi connectivity index (χ1n) is 9.53. The minimum Gasteiger partial charge on any atom is -0.444 e. The van der Waals surface area contributed by atoms with Crippen LogP contribution in [-0.2, 0) is 20.9 Å². The molecule has 0 aliphatic carbocycles. The van der Waals surface area contributed by atoms with Gasteiger partial charge in [0.2, 0.25) is 10.8 Å². The van der Waals surface area contributed by atoms with Crippen LogP contribution in [0.15, 0.2) is 30.3 Å². The topological polar surface area (TPSA) is 117 Å². The van der Waals surface area contributed by atoms with Gasteiger partial charge in [0.1, 0.15) is 5.60 Å². The van der Waals surface area contributed by atoms with Gasteiger partial charge in [-0.2, -0.15) is 0 Å². The quantitative estimate of drug-likeness (QED) is 0.335. The molecule has 3 atom stereocenters. The fourth-order valence-corrected chi connectivity index (χ4v) is 3.24. The fraction of sp³-hybridized carbons (Fsp3) is 0.550. The van der Waals surface area contributed by atoms with Crippen LogP contribution >= 0.6 is 12.6 Å². The molecule has 1 aromatic rings. The smallest absolute Gasteiger partial charge is 0.408 e. The summed E-state index contributed by atoms with van der Waals surface area (Å²) in [6.45, 7) is 5.79. The molecule has 0 saturated carbocycles. The third-order valence-corrected chi connectivity index (χ3v) is 5.00. The summed E-state index contributed by atoms with van der Waals surface area (Å²) >= 11 is 4.15. The largest absolute Gasteiger partial charge is 0.444 e. The average Bonchev–Trinajstić information content (AvgIpc) is 3.03. The van der Waals surface area contributed by atoms with E-state index in [1.54, 1.807) is 20.8 Å². The van der Waals surface area contributed by atoms with Crippen molar-refractivity contribution in [1.29, 1.82) is 0 Å². The zero-order chi connectivity index (χ0) is 21.7. The molecular formula is C20H29N3O5S. The van der Waals surface area contributed by atoms with Gasteiger partial charge in [-0.25, -0.2) is 4.79 Å². The molecule has 0 unspecified atom stereocenters. The summed E-state index contributed by atoms with van der Waals surface area (Å²) in [6.07, 6.45) is -0.214. The van der Waals surface area contributed by atoms with Gasteiger partial charge < -0.3 is 25.8 Å². The highest BCUT2D eigenvalue weighted by Gasteiger charge is 2.44. The molecule has 0 aromatic heterocycles. The van der Waals surface area contributed by atoms with Crippen LogP contribution in [0, 0.1) is 5.92 Å². The van der Waals surface area contributed by atoms with E-state index in [2.05, 4.69) is 28.6 Å². The van der Waals surface area contributed by atoms with Crippen molar-refractivity contribution in [2.24, 2.45) is 5.92 Å². The lowest BCUT2D eigenvalue weighted by molar-refractivity contribution is -0.134. The maximum Gasteiger partial charge on any atom is 0.408 e. The normalized spacial score (nSPS) is 19.6. The zero-order valence-corrected chi connectivity index (χ0v) is 17.8. The number of hydrogen-bond acceptors (Lipinski definition) is 6. The van der Waals surface area contributed by atoms with Gasteiger partial charge in [-0.1, -0.05) is 30.3 Å². The second-order valence-electron chi connectivity index (χ2n) is 8.11. The number of amides is 3. The average molecular weight is 424 g/mol. The van der Waals surface area contributed by atoms with Crippen LogP contribution in [0.1, 0.15) is 39.2 Å². The second kappa shape index (κ2) is 9.49. The Morgan fingerprint density at radius 3 is 2.52 bits per heavy atom. The number of rotatable bonds is 7. The molecule has 9 heteroatoms. The molecule has 1 saturated heterocycles. The summed E-state index contributed by atoms with van der Waals surface area (Å²) < 4.78 is 5.24. The van der Waals surface area contributed by atoms with Crippen molar-refractivity contribution in [3.05, 3.63) is 35.9 Å². The van der Waals surface area contributed by atoms with Crippen molar-refractivity contribution in [3.63, 3.8) is 0 Å². The van der Waals surface area contributed by atoms with Gasteiger partial charge in [0.25, 0.3) is 5.91 Å². The molecule has 1 heterocycles. The van der Waals surface area contributed by atoms with Crippen molar-refractivity contribution in [2.45, 2.75) is 56.7 Å². The summed E-state index contributed by atoms with van der Waals surface area (Å²) in [5, 5.41) is 18.7. The van der Waals surface area contributed by atoms with Crippen LogP contribution in [-0.4, -0.2) is 46.1 Å². The fourth-order valence-electron chi connectivity index (χ4n) is 2.99. The predicted molar refractivity (Wildman–Crippen MR) is 111 cm³/mol. The van der Waals surface area contributed by atoms with E-state index in [4.69, 9.17) is 4.74 Å². The van der Waals surface area contributed by atoms with E-state index in [0.717, 1.165) is 5.56 Å². The van der Waals surface area contributed by atoms with Crippen molar-refractivity contribution < 1.29 is 24.2 Å². The minimum absolute atomic E-state index is 0.0455. The Morgan fingerprint density at radius 2 is 1.97 bits per heavy atom. The van der Waals surface area contributed by atoms with E-state index in [0.29, 0.717) is 13.0 Å². The maximum atomic E-state index is 12.7. The van der Waals surface area contributed by atoms with Gasteiger partial charge in [0.05, 0.1) is 6.04 Å². The van der Waals surface area contributed by atoms with E-state index in [1.165, 1.54) is 0 Å². The summed E-state index contributed by atoms with van der Waals surface area (Å²) in [7, 11) is 0. The summed E-state index contributed by atoms with van der Waals surface area (Å²) in [5.41, 5.74) is 0.0840. The predicted octanol–water partition coefficient (Wildman–Crippen LogP) is 1.34. The molecule has 1 aliphatic heterocycles. The van der Waals surface area contributed by atoms with E-state index >= 15 is 0 Å². The molecule has 4 N–H and O–H groups in total. The van der Waals surface area contributed by atoms with Crippen molar-refractivity contribution in [2.75, 3.05) is 6.54 Å². The molecule has 1 aromatic carbocycles. The molecule has 3 amide bonds. The highest BCUT2D eigenvalue weighted by atomic mass is 32.1. The third kappa shape index (κ3) is 6.93. The lowest BCUT2D eigenvalue weighted by Gasteiger charge is -2.33. The van der Waals surface area contributed by atoms with Gasteiger partial charge in [0, 0.05) is 19.0 Å². The number of ether oxygens (including phenoxy) is 1. The Bertz CT molecular complexity index is 733. The van der Waals surface area contributed by atoms with Crippen LogP contribution in [0.5, 0.6) is 0 Å². The summed E-state index contributed by atoms with van der Waals surface area (Å²) in [6, 6.07) is 8.05. The Balaban J connectivity index is 2.11. The molecule has 1 aliphatic rings. The first kappa shape index (κ1) is 23.0. The van der Waals surface area contributed by atoms with Crippen molar-refractivity contribution in [3.8, 4) is 0 Å². The molecule has 1 fully saturated rings. The Morgan fingerprint density at radius 1 is 1.31 bits per heavy atom. The van der Waals surface area contributed by atoms with Gasteiger partial charge in [-0.3, -0.25) is 9.59 Å². The standard InChI is InChI=1S/C20H29N3O5S/c1-19(2,3)28-18(26)23-15(11-14-9-10-21-16(14)24)20(27,29)17(25)22-12-13-7-5-4-6-8-13/h4-8,14-15,27,29H,9-12H2,1-3H3,(H,21,24)(H,22,25)(H,23,26)/t14-,15-,20-/m0/s1. The van der Waals surface area contributed by atoms with E-state index in [9.17, 15) is 19.5 Å². The molecule has 29 heavy (non-hydrogen) atoms. The van der Waals surface area contributed by atoms with Crippen molar-refractivity contribution >= 4 is 30.5 Å². The van der Waals surface area contributed by atoms with E-state index in [1.807, 2.05) is 30.3 Å².